The second-order valence-corrected chi connectivity index (χ2v) is 4.17. The summed E-state index contributed by atoms with van der Waals surface area (Å²) in [6.07, 6.45) is 0.852. The van der Waals surface area contributed by atoms with Gasteiger partial charge in [0.2, 0.25) is 0 Å². The van der Waals surface area contributed by atoms with Gasteiger partial charge >= 0.3 is 57.4 Å². The van der Waals surface area contributed by atoms with Gasteiger partial charge in [-0.1, -0.05) is 25.5 Å². The second kappa shape index (κ2) is 8.04. The molecule has 0 saturated carbocycles. The topological polar surface area (TPSA) is 74.7 Å². The predicted molar refractivity (Wildman–Crippen MR) is 69.7 cm³/mol. The summed E-state index contributed by atoms with van der Waals surface area (Å²) in [4.78, 5) is 36.2. The van der Waals surface area contributed by atoms with E-state index in [1.165, 1.54) is 0 Å². The smallest absolute Gasteiger partial charge is 0.480 e. The van der Waals surface area contributed by atoms with Crippen molar-refractivity contribution in [1.82, 2.24) is 4.90 Å². The van der Waals surface area contributed by atoms with Crippen LogP contribution in [0.3, 0.4) is 0 Å². The predicted octanol–water partition coefficient (Wildman–Crippen LogP) is -1.01. The maximum Gasteiger partial charge on any atom is 1.00 e. The maximum absolute atomic E-state index is 12.1. The molecule has 1 unspecified atom stereocenters. The molecule has 0 fully saturated rings. The zero-order chi connectivity index (χ0) is 13.3. The minimum atomic E-state index is -1.15. The fraction of sp³-hybridized carbons (Fsp3) is 0.286. The molecule has 1 aromatic carbocycles. The van der Waals surface area contributed by atoms with Crippen molar-refractivity contribution in [2.24, 2.45) is 0 Å². The van der Waals surface area contributed by atoms with Crippen LogP contribution in [0, 0.1) is 7.43 Å². The summed E-state index contributed by atoms with van der Waals surface area (Å²) in [5, 5.41) is 9.13. The van der Waals surface area contributed by atoms with Gasteiger partial charge in [0.25, 0.3) is 11.8 Å². The van der Waals surface area contributed by atoms with Crippen LogP contribution in [0.2, 0.25) is 0 Å². The average molecular weight is 301 g/mol. The minimum Gasteiger partial charge on any atom is -0.480 e. The number of benzene rings is 1. The van der Waals surface area contributed by atoms with E-state index < -0.39 is 23.8 Å². The summed E-state index contributed by atoms with van der Waals surface area (Å²) in [5.74, 6) is -2.18. The molecule has 0 saturated heterocycles. The summed E-state index contributed by atoms with van der Waals surface area (Å²) in [6.45, 7) is 1.81. The number of imide groups is 1. The van der Waals surface area contributed by atoms with Crippen LogP contribution in [0.15, 0.2) is 24.3 Å². The summed E-state index contributed by atoms with van der Waals surface area (Å²) in [7, 11) is 0. The first kappa shape index (κ1) is 19.5. The summed E-state index contributed by atoms with van der Waals surface area (Å²) in [6, 6.07) is 5.31. The molecule has 0 aliphatic carbocycles. The quantitative estimate of drug-likeness (QED) is 0.439. The van der Waals surface area contributed by atoms with E-state index in [2.05, 4.69) is 0 Å². The Bertz CT molecular complexity index is 495. The van der Waals surface area contributed by atoms with E-state index >= 15 is 0 Å². The van der Waals surface area contributed by atoms with Gasteiger partial charge in [-0.2, -0.15) is 0 Å². The molecule has 6 heteroatoms. The molecule has 1 heterocycles. The van der Waals surface area contributed by atoms with Crippen LogP contribution in [-0.4, -0.2) is 33.8 Å². The van der Waals surface area contributed by atoms with E-state index in [9.17, 15) is 14.4 Å². The van der Waals surface area contributed by atoms with E-state index in [0.29, 0.717) is 6.42 Å². The number of nitrogens with zero attached hydrogens (tertiary/aromatic N) is 1. The Hall–Kier alpha value is -0.534. The van der Waals surface area contributed by atoms with Crippen molar-refractivity contribution in [3.05, 3.63) is 42.8 Å². The van der Waals surface area contributed by atoms with Gasteiger partial charge in [0.05, 0.1) is 11.1 Å². The fourth-order valence-corrected chi connectivity index (χ4v) is 2.13. The van der Waals surface area contributed by atoms with Gasteiger partial charge < -0.3 is 12.5 Å². The molecule has 0 spiro atoms. The van der Waals surface area contributed by atoms with Crippen LogP contribution in [0.5, 0.6) is 0 Å². The Kier molecular flexibility index (Phi) is 7.83. The number of fused-ring (bicyclic) bond motifs is 1. The number of hydrogen-bond donors (Lipinski definition) is 1. The number of carbonyl (C=O) groups excluding carboxylic acids is 2. The third-order valence-corrected chi connectivity index (χ3v) is 2.98. The Morgan fingerprint density at radius 1 is 1.20 bits per heavy atom. The molecule has 2 rings (SSSR count). The van der Waals surface area contributed by atoms with Crippen molar-refractivity contribution in [2.45, 2.75) is 25.8 Å². The van der Waals surface area contributed by atoms with Gasteiger partial charge in [-0.05, 0) is 18.6 Å². The first-order valence-electron chi connectivity index (χ1n) is 5.77. The normalized spacial score (nSPS) is 14.2. The number of rotatable bonds is 4. The van der Waals surface area contributed by atoms with Crippen LogP contribution in [-0.2, 0) is 4.79 Å². The summed E-state index contributed by atoms with van der Waals surface area (Å²) in [5.41, 5.74) is 0.565. The first-order valence-corrected chi connectivity index (χ1v) is 5.77. The monoisotopic (exact) mass is 301 g/mol. The Balaban J connectivity index is 0.00000180. The van der Waals surface area contributed by atoms with Crippen molar-refractivity contribution >= 4 is 17.8 Å². The maximum atomic E-state index is 12.1. The molecule has 0 aromatic heterocycles. The Morgan fingerprint density at radius 2 is 1.65 bits per heavy atom. The Morgan fingerprint density at radius 3 is 2.00 bits per heavy atom. The molecule has 1 atom stereocenters. The fourth-order valence-electron chi connectivity index (χ4n) is 2.13. The van der Waals surface area contributed by atoms with Crippen molar-refractivity contribution < 1.29 is 70.9 Å². The zero-order valence-electron chi connectivity index (χ0n) is 11.9. The van der Waals surface area contributed by atoms with E-state index in [-0.39, 0.29) is 76.4 Å². The van der Waals surface area contributed by atoms with E-state index in [1.807, 2.05) is 6.92 Å². The molecular weight excluding hydrogens is 285 g/mol. The summed E-state index contributed by atoms with van der Waals surface area (Å²) < 4.78 is 0. The third-order valence-electron chi connectivity index (χ3n) is 2.98. The van der Waals surface area contributed by atoms with Gasteiger partial charge in [-0.3, -0.25) is 14.5 Å². The molecule has 1 N–H and O–H groups in total. The number of hydrogen-bond acceptors (Lipinski definition) is 3. The minimum absolute atomic E-state index is 0. The van der Waals surface area contributed by atoms with Crippen molar-refractivity contribution in [2.75, 3.05) is 0 Å². The van der Waals surface area contributed by atoms with E-state index in [1.54, 1.807) is 24.3 Å². The zero-order valence-corrected chi connectivity index (χ0v) is 15.0. The van der Waals surface area contributed by atoms with Gasteiger partial charge in [0.15, 0.2) is 0 Å². The molecule has 102 valence electrons. The van der Waals surface area contributed by atoms with Crippen molar-refractivity contribution in [3.8, 4) is 0 Å². The first-order chi connectivity index (χ1) is 8.57. The van der Waals surface area contributed by atoms with Crippen molar-refractivity contribution in [3.63, 3.8) is 0 Å². The van der Waals surface area contributed by atoms with Crippen LogP contribution >= 0.6 is 0 Å². The summed E-state index contributed by atoms with van der Waals surface area (Å²) >= 11 is 0. The van der Waals surface area contributed by atoms with Gasteiger partial charge in [0.1, 0.15) is 6.04 Å². The number of carboxylic acids is 1. The molecule has 1 aromatic rings. The van der Waals surface area contributed by atoms with Crippen molar-refractivity contribution in [1.29, 1.82) is 0 Å². The molecule has 5 nitrogen and oxygen atoms in total. The second-order valence-electron chi connectivity index (χ2n) is 4.17. The molecular formula is C14H16KNO4. The third kappa shape index (κ3) is 3.37. The number of amides is 2. The van der Waals surface area contributed by atoms with Crippen LogP contribution in [0.4, 0.5) is 0 Å². The van der Waals surface area contributed by atoms with E-state index in [4.69, 9.17) is 5.11 Å². The number of carbonyl (C=O) groups is 3. The van der Waals surface area contributed by atoms with E-state index in [0.717, 1.165) is 4.90 Å². The number of carboxylic acid groups (broad SMARTS) is 1. The van der Waals surface area contributed by atoms with Crippen LogP contribution in [0.1, 0.15) is 40.5 Å². The number of aliphatic carboxylic acids is 1. The van der Waals surface area contributed by atoms with Crippen LogP contribution in [0.25, 0.3) is 0 Å². The Labute approximate surface area is 160 Å². The molecule has 0 bridgehead atoms. The van der Waals surface area contributed by atoms with Gasteiger partial charge in [-0.25, -0.2) is 4.79 Å². The van der Waals surface area contributed by atoms with Gasteiger partial charge in [-0.15, -0.1) is 0 Å². The van der Waals surface area contributed by atoms with Crippen LogP contribution < -0.4 is 51.4 Å². The molecule has 2 amide bonds. The average Bonchev–Trinajstić information content (AvgIpc) is 2.60. The molecule has 0 radical (unpaired) electrons. The largest absolute Gasteiger partial charge is 1.00 e. The molecule has 1 aliphatic heterocycles. The standard InChI is InChI=1S/C13H13NO4.CH3.K/c1-2-5-10(13(17)18)14-11(15)8-6-3-4-7-9(8)12(14)16;;/h3-4,6-7,10H,2,5H2,1H3,(H,17,18);1H3;/q;-1;+1. The molecule has 20 heavy (non-hydrogen) atoms. The SMILES string of the molecule is CCCC(C(=O)O)N1C(=O)c2ccccc2C1=O.[CH3-].[K+]. The molecule has 1 aliphatic rings. The van der Waals surface area contributed by atoms with Gasteiger partial charge in [0, 0.05) is 0 Å².